The van der Waals surface area contributed by atoms with E-state index in [0.717, 1.165) is 26.0 Å². The fourth-order valence-corrected chi connectivity index (χ4v) is 2.54. The molecular formula is C12H23NO2. The number of methoxy groups -OCH3 is 1. The molecular weight excluding hydrogens is 190 g/mol. The van der Waals surface area contributed by atoms with E-state index in [1.807, 2.05) is 7.11 Å². The second-order valence-electron chi connectivity index (χ2n) is 5.02. The predicted octanol–water partition coefficient (Wildman–Crippen LogP) is 1.71. The molecule has 3 nitrogen and oxygen atoms in total. The lowest BCUT2D eigenvalue weighted by molar-refractivity contribution is -0.0745. The molecule has 0 radical (unpaired) electrons. The van der Waals surface area contributed by atoms with E-state index in [9.17, 15) is 0 Å². The third-order valence-corrected chi connectivity index (χ3v) is 3.90. The summed E-state index contributed by atoms with van der Waals surface area (Å²) in [5, 5.41) is 3.64. The molecule has 0 spiro atoms. The van der Waals surface area contributed by atoms with Crippen molar-refractivity contribution in [3.8, 4) is 0 Å². The largest absolute Gasteiger partial charge is 0.378 e. The zero-order valence-corrected chi connectivity index (χ0v) is 9.92. The molecule has 1 N–H and O–H groups in total. The molecule has 0 aromatic rings. The van der Waals surface area contributed by atoms with Crippen molar-refractivity contribution in [3.05, 3.63) is 0 Å². The van der Waals surface area contributed by atoms with Gasteiger partial charge < -0.3 is 14.8 Å². The third kappa shape index (κ3) is 2.71. The van der Waals surface area contributed by atoms with Crippen molar-refractivity contribution in [2.45, 2.75) is 56.8 Å². The molecule has 1 heterocycles. The van der Waals surface area contributed by atoms with Crippen LogP contribution in [-0.4, -0.2) is 38.0 Å². The van der Waals surface area contributed by atoms with Crippen molar-refractivity contribution in [2.24, 2.45) is 0 Å². The van der Waals surface area contributed by atoms with Crippen LogP contribution in [0.5, 0.6) is 0 Å². The van der Waals surface area contributed by atoms with Gasteiger partial charge in [0.1, 0.15) is 0 Å². The maximum atomic E-state index is 5.60. The van der Waals surface area contributed by atoms with Gasteiger partial charge >= 0.3 is 0 Å². The van der Waals surface area contributed by atoms with Crippen molar-refractivity contribution in [2.75, 3.05) is 20.3 Å². The van der Waals surface area contributed by atoms with Crippen LogP contribution in [0.2, 0.25) is 0 Å². The predicted molar refractivity (Wildman–Crippen MR) is 60.0 cm³/mol. The van der Waals surface area contributed by atoms with Gasteiger partial charge in [0.25, 0.3) is 0 Å². The number of hydrogen-bond donors (Lipinski definition) is 1. The number of rotatable bonds is 4. The highest BCUT2D eigenvalue weighted by Gasteiger charge is 2.37. The minimum atomic E-state index is 0.154. The smallest absolute Gasteiger partial charge is 0.0802 e. The molecule has 2 aliphatic rings. The van der Waals surface area contributed by atoms with E-state index in [1.54, 1.807) is 0 Å². The van der Waals surface area contributed by atoms with Crippen molar-refractivity contribution in [1.82, 2.24) is 5.32 Å². The molecule has 0 bridgehead atoms. The summed E-state index contributed by atoms with van der Waals surface area (Å²) in [6.45, 7) is 4.07. The quantitative estimate of drug-likeness (QED) is 0.771. The normalized spacial score (nSPS) is 34.8. The Bertz CT molecular complexity index is 198. The summed E-state index contributed by atoms with van der Waals surface area (Å²) < 4.78 is 11.1. The minimum absolute atomic E-state index is 0.154. The van der Waals surface area contributed by atoms with E-state index in [0.29, 0.717) is 12.1 Å². The van der Waals surface area contributed by atoms with Gasteiger partial charge in [-0.1, -0.05) is 0 Å². The first-order chi connectivity index (χ1) is 7.24. The Kier molecular flexibility index (Phi) is 3.65. The average molecular weight is 213 g/mol. The molecule has 88 valence electrons. The molecule has 2 unspecified atom stereocenters. The van der Waals surface area contributed by atoms with Gasteiger partial charge in [0.2, 0.25) is 0 Å². The van der Waals surface area contributed by atoms with E-state index < -0.39 is 0 Å². The van der Waals surface area contributed by atoms with Gasteiger partial charge in [0.15, 0.2) is 0 Å². The Labute approximate surface area is 92.5 Å². The molecule has 1 aliphatic carbocycles. The Balaban J connectivity index is 1.72. The van der Waals surface area contributed by atoms with Crippen LogP contribution in [0.15, 0.2) is 0 Å². The van der Waals surface area contributed by atoms with Crippen LogP contribution in [0.1, 0.15) is 39.0 Å². The van der Waals surface area contributed by atoms with Crippen molar-refractivity contribution in [1.29, 1.82) is 0 Å². The second kappa shape index (κ2) is 4.81. The maximum Gasteiger partial charge on any atom is 0.0802 e. The molecule has 0 amide bonds. The first kappa shape index (κ1) is 11.4. The fraction of sp³-hybridized carbons (Fsp3) is 1.00. The van der Waals surface area contributed by atoms with Gasteiger partial charge in [-0.05, 0) is 39.0 Å². The SMILES string of the molecule is COC1(CNC2CCOC(C)C2)CCC1. The van der Waals surface area contributed by atoms with Gasteiger partial charge in [0, 0.05) is 26.3 Å². The minimum Gasteiger partial charge on any atom is -0.378 e. The van der Waals surface area contributed by atoms with Crippen LogP contribution >= 0.6 is 0 Å². The lowest BCUT2D eigenvalue weighted by Gasteiger charge is -2.42. The van der Waals surface area contributed by atoms with E-state index in [2.05, 4.69) is 12.2 Å². The van der Waals surface area contributed by atoms with Crippen molar-refractivity contribution < 1.29 is 9.47 Å². The summed E-state index contributed by atoms with van der Waals surface area (Å²) in [6, 6.07) is 0.626. The highest BCUT2D eigenvalue weighted by atomic mass is 16.5. The monoisotopic (exact) mass is 213 g/mol. The van der Waals surface area contributed by atoms with Crippen LogP contribution < -0.4 is 5.32 Å². The van der Waals surface area contributed by atoms with Gasteiger partial charge in [-0.15, -0.1) is 0 Å². The average Bonchev–Trinajstić information content (AvgIpc) is 2.17. The van der Waals surface area contributed by atoms with E-state index in [1.165, 1.54) is 19.3 Å². The van der Waals surface area contributed by atoms with Crippen LogP contribution in [0.4, 0.5) is 0 Å². The summed E-state index contributed by atoms with van der Waals surface area (Å²) in [7, 11) is 1.84. The highest BCUT2D eigenvalue weighted by Crippen LogP contribution is 2.34. The lowest BCUT2D eigenvalue weighted by atomic mass is 9.79. The van der Waals surface area contributed by atoms with Crippen LogP contribution in [0, 0.1) is 0 Å². The summed E-state index contributed by atoms with van der Waals surface area (Å²) in [6.07, 6.45) is 6.45. The third-order valence-electron chi connectivity index (χ3n) is 3.90. The number of nitrogens with one attached hydrogen (secondary N) is 1. The van der Waals surface area contributed by atoms with Crippen LogP contribution in [0.3, 0.4) is 0 Å². The fourth-order valence-electron chi connectivity index (χ4n) is 2.54. The number of ether oxygens (including phenoxy) is 2. The Morgan fingerprint density at radius 1 is 1.47 bits per heavy atom. The topological polar surface area (TPSA) is 30.5 Å². The van der Waals surface area contributed by atoms with Gasteiger partial charge in [-0.2, -0.15) is 0 Å². The lowest BCUT2D eigenvalue weighted by Crippen LogP contribution is -2.51. The molecule has 2 atom stereocenters. The molecule has 3 heteroatoms. The Hall–Kier alpha value is -0.120. The summed E-state index contributed by atoms with van der Waals surface area (Å²) >= 11 is 0. The molecule has 0 aromatic carbocycles. The van der Waals surface area contributed by atoms with Gasteiger partial charge in [-0.3, -0.25) is 0 Å². The Morgan fingerprint density at radius 2 is 2.27 bits per heavy atom. The Morgan fingerprint density at radius 3 is 2.80 bits per heavy atom. The summed E-state index contributed by atoms with van der Waals surface area (Å²) in [5.74, 6) is 0. The summed E-state index contributed by atoms with van der Waals surface area (Å²) in [4.78, 5) is 0. The zero-order chi connectivity index (χ0) is 10.7. The zero-order valence-electron chi connectivity index (χ0n) is 9.92. The van der Waals surface area contributed by atoms with Crippen molar-refractivity contribution in [3.63, 3.8) is 0 Å². The van der Waals surface area contributed by atoms with Crippen LogP contribution in [0.25, 0.3) is 0 Å². The standard InChI is InChI=1S/C12H23NO2/c1-10-8-11(4-7-15-10)13-9-12(14-2)5-3-6-12/h10-11,13H,3-9H2,1-2H3. The first-order valence-corrected chi connectivity index (χ1v) is 6.14. The molecule has 1 saturated carbocycles. The maximum absolute atomic E-state index is 5.60. The molecule has 2 rings (SSSR count). The van der Waals surface area contributed by atoms with Crippen molar-refractivity contribution >= 4 is 0 Å². The number of hydrogen-bond acceptors (Lipinski definition) is 3. The van der Waals surface area contributed by atoms with Gasteiger partial charge in [-0.25, -0.2) is 0 Å². The molecule has 1 aliphatic heterocycles. The molecule has 0 aromatic heterocycles. The van der Waals surface area contributed by atoms with Crippen LogP contribution in [-0.2, 0) is 9.47 Å². The first-order valence-electron chi connectivity index (χ1n) is 6.14. The second-order valence-corrected chi connectivity index (χ2v) is 5.02. The molecule has 1 saturated heterocycles. The molecule has 2 fully saturated rings. The molecule has 15 heavy (non-hydrogen) atoms. The van der Waals surface area contributed by atoms with Gasteiger partial charge in [0.05, 0.1) is 11.7 Å². The van der Waals surface area contributed by atoms with E-state index in [-0.39, 0.29) is 5.60 Å². The van der Waals surface area contributed by atoms with E-state index >= 15 is 0 Å². The van der Waals surface area contributed by atoms with E-state index in [4.69, 9.17) is 9.47 Å². The summed E-state index contributed by atoms with van der Waals surface area (Å²) in [5.41, 5.74) is 0.154. The highest BCUT2D eigenvalue weighted by molar-refractivity contribution is 4.92.